The zero-order valence-corrected chi connectivity index (χ0v) is 11.6. The molecule has 0 aliphatic heterocycles. The predicted octanol–water partition coefficient (Wildman–Crippen LogP) is 3.87. The lowest BCUT2D eigenvalue weighted by Gasteiger charge is -2.15. The van der Waals surface area contributed by atoms with Crippen molar-refractivity contribution in [1.82, 2.24) is 0 Å². The maximum absolute atomic E-state index is 13.6. The lowest BCUT2D eigenvalue weighted by Crippen LogP contribution is -2.14. The maximum atomic E-state index is 13.6. The minimum absolute atomic E-state index is 0.234. The highest BCUT2D eigenvalue weighted by molar-refractivity contribution is 6.31. The van der Waals surface area contributed by atoms with Crippen molar-refractivity contribution in [3.8, 4) is 5.75 Å². The largest absolute Gasteiger partial charge is 0.497 e. The minimum atomic E-state index is -0.609. The van der Waals surface area contributed by atoms with Crippen molar-refractivity contribution in [1.29, 1.82) is 0 Å². The molecule has 0 aromatic heterocycles. The number of methoxy groups -OCH3 is 1. The maximum Gasteiger partial charge on any atom is 0.129 e. The second-order valence-corrected chi connectivity index (χ2v) is 4.84. The summed E-state index contributed by atoms with van der Waals surface area (Å²) < 4.78 is 31.5. The molecule has 20 heavy (non-hydrogen) atoms. The second kappa shape index (κ2) is 6.20. The molecule has 0 spiro atoms. The third-order valence-corrected chi connectivity index (χ3v) is 3.39. The van der Waals surface area contributed by atoms with Gasteiger partial charge < -0.3 is 10.5 Å². The molecular formula is C15H14ClF2NO. The molecule has 0 fully saturated rings. The highest BCUT2D eigenvalue weighted by atomic mass is 35.5. The Kier molecular flexibility index (Phi) is 4.57. The summed E-state index contributed by atoms with van der Waals surface area (Å²) in [4.78, 5) is 0. The minimum Gasteiger partial charge on any atom is -0.497 e. The molecule has 2 aromatic carbocycles. The first-order chi connectivity index (χ1) is 9.51. The van der Waals surface area contributed by atoms with E-state index in [2.05, 4.69) is 0 Å². The highest BCUT2D eigenvalue weighted by Crippen LogP contribution is 2.28. The molecule has 1 unspecified atom stereocenters. The van der Waals surface area contributed by atoms with Crippen molar-refractivity contribution >= 4 is 11.6 Å². The molecule has 0 aliphatic rings. The van der Waals surface area contributed by atoms with Crippen LogP contribution in [0.3, 0.4) is 0 Å². The standard InChI is InChI=1S/C15H14ClF2NO/c1-20-11-4-5-12(13(16)8-11)15(19)6-9-2-3-10(17)7-14(9)18/h2-5,7-8,15H,6,19H2,1H3. The van der Waals surface area contributed by atoms with Crippen LogP contribution in [-0.4, -0.2) is 7.11 Å². The van der Waals surface area contributed by atoms with Gasteiger partial charge in [-0.15, -0.1) is 0 Å². The molecule has 2 rings (SSSR count). The predicted molar refractivity (Wildman–Crippen MR) is 75.0 cm³/mol. The van der Waals surface area contributed by atoms with Gasteiger partial charge in [0.05, 0.1) is 7.11 Å². The molecule has 0 saturated carbocycles. The van der Waals surface area contributed by atoms with E-state index in [1.807, 2.05) is 0 Å². The first-order valence-corrected chi connectivity index (χ1v) is 6.42. The molecule has 0 heterocycles. The van der Waals surface area contributed by atoms with Gasteiger partial charge in [0.1, 0.15) is 17.4 Å². The lowest BCUT2D eigenvalue weighted by atomic mass is 9.99. The van der Waals surface area contributed by atoms with Gasteiger partial charge in [0.15, 0.2) is 0 Å². The Morgan fingerprint density at radius 3 is 2.55 bits per heavy atom. The van der Waals surface area contributed by atoms with E-state index in [9.17, 15) is 8.78 Å². The summed E-state index contributed by atoms with van der Waals surface area (Å²) in [7, 11) is 1.54. The summed E-state index contributed by atoms with van der Waals surface area (Å²) in [6.45, 7) is 0. The molecule has 1 atom stereocenters. The first-order valence-electron chi connectivity index (χ1n) is 6.04. The number of nitrogens with two attached hydrogens (primary N) is 1. The van der Waals surface area contributed by atoms with E-state index in [1.54, 1.807) is 25.3 Å². The first kappa shape index (κ1) is 14.8. The molecule has 0 amide bonds. The molecule has 2 nitrogen and oxygen atoms in total. The number of hydrogen-bond donors (Lipinski definition) is 1. The Balaban J connectivity index is 2.21. The van der Waals surface area contributed by atoms with Crippen LogP contribution in [0.5, 0.6) is 5.75 Å². The summed E-state index contributed by atoms with van der Waals surface area (Å²) in [5.74, 6) is -0.591. The molecule has 106 valence electrons. The van der Waals surface area contributed by atoms with E-state index in [0.29, 0.717) is 21.9 Å². The average molecular weight is 298 g/mol. The van der Waals surface area contributed by atoms with Crippen molar-refractivity contribution < 1.29 is 13.5 Å². The Bertz CT molecular complexity index is 619. The summed E-state index contributed by atoms with van der Waals surface area (Å²) in [6.07, 6.45) is 0.234. The van der Waals surface area contributed by atoms with Crippen LogP contribution in [0.1, 0.15) is 17.2 Å². The van der Waals surface area contributed by atoms with Crippen molar-refractivity contribution in [2.75, 3.05) is 7.11 Å². The van der Waals surface area contributed by atoms with Crippen molar-refractivity contribution in [2.45, 2.75) is 12.5 Å². The second-order valence-electron chi connectivity index (χ2n) is 4.43. The van der Waals surface area contributed by atoms with Crippen LogP contribution in [0.25, 0.3) is 0 Å². The van der Waals surface area contributed by atoms with E-state index in [4.69, 9.17) is 22.1 Å². The Hall–Kier alpha value is -1.65. The van der Waals surface area contributed by atoms with Gasteiger partial charge in [-0.25, -0.2) is 8.78 Å². The summed E-state index contributed by atoms with van der Waals surface area (Å²) in [5.41, 5.74) is 7.08. The molecule has 0 radical (unpaired) electrons. The third-order valence-electron chi connectivity index (χ3n) is 3.06. The van der Waals surface area contributed by atoms with E-state index in [0.717, 1.165) is 6.07 Å². The summed E-state index contributed by atoms with van der Waals surface area (Å²) in [5, 5.41) is 0.458. The number of halogens is 3. The van der Waals surface area contributed by atoms with E-state index >= 15 is 0 Å². The lowest BCUT2D eigenvalue weighted by molar-refractivity contribution is 0.414. The molecule has 5 heteroatoms. The van der Waals surface area contributed by atoms with E-state index in [-0.39, 0.29) is 6.42 Å². The Labute approximate surface area is 121 Å². The fraction of sp³-hybridized carbons (Fsp3) is 0.200. The third kappa shape index (κ3) is 3.26. The van der Waals surface area contributed by atoms with Crippen molar-refractivity contribution in [2.24, 2.45) is 5.73 Å². The number of ether oxygens (including phenoxy) is 1. The van der Waals surface area contributed by atoms with Crippen LogP contribution in [-0.2, 0) is 6.42 Å². The zero-order valence-electron chi connectivity index (χ0n) is 10.9. The fourth-order valence-corrected chi connectivity index (χ4v) is 2.28. The summed E-state index contributed by atoms with van der Waals surface area (Å²) in [6, 6.07) is 8.10. The van der Waals surface area contributed by atoms with Crippen LogP contribution in [0.4, 0.5) is 8.78 Å². The van der Waals surface area contributed by atoms with Crippen LogP contribution >= 0.6 is 11.6 Å². The van der Waals surface area contributed by atoms with Gasteiger partial charge in [-0.1, -0.05) is 23.7 Å². The smallest absolute Gasteiger partial charge is 0.129 e. The van der Waals surface area contributed by atoms with Gasteiger partial charge in [-0.3, -0.25) is 0 Å². The van der Waals surface area contributed by atoms with Gasteiger partial charge in [-0.2, -0.15) is 0 Å². The number of hydrogen-bond acceptors (Lipinski definition) is 2. The molecule has 0 saturated heterocycles. The van der Waals surface area contributed by atoms with Gasteiger partial charge in [0, 0.05) is 17.1 Å². The number of benzene rings is 2. The number of rotatable bonds is 4. The van der Waals surface area contributed by atoms with Crippen LogP contribution < -0.4 is 10.5 Å². The molecule has 2 aromatic rings. The van der Waals surface area contributed by atoms with Crippen LogP contribution in [0.15, 0.2) is 36.4 Å². The van der Waals surface area contributed by atoms with E-state index in [1.165, 1.54) is 12.1 Å². The van der Waals surface area contributed by atoms with Crippen LogP contribution in [0, 0.1) is 11.6 Å². The normalized spacial score (nSPS) is 12.2. The van der Waals surface area contributed by atoms with Crippen LogP contribution in [0.2, 0.25) is 5.02 Å². The van der Waals surface area contributed by atoms with Crippen molar-refractivity contribution in [3.05, 3.63) is 64.2 Å². The van der Waals surface area contributed by atoms with Gasteiger partial charge in [0.2, 0.25) is 0 Å². The molecule has 0 bridgehead atoms. The Morgan fingerprint density at radius 1 is 1.20 bits per heavy atom. The molecule has 0 aliphatic carbocycles. The monoisotopic (exact) mass is 297 g/mol. The summed E-state index contributed by atoms with van der Waals surface area (Å²) >= 11 is 6.12. The van der Waals surface area contributed by atoms with Crippen molar-refractivity contribution in [3.63, 3.8) is 0 Å². The molecular weight excluding hydrogens is 284 g/mol. The average Bonchev–Trinajstić information content (AvgIpc) is 2.41. The van der Waals surface area contributed by atoms with Gasteiger partial charge >= 0.3 is 0 Å². The van der Waals surface area contributed by atoms with Gasteiger partial charge in [-0.05, 0) is 35.7 Å². The topological polar surface area (TPSA) is 35.2 Å². The fourth-order valence-electron chi connectivity index (χ4n) is 1.97. The quantitative estimate of drug-likeness (QED) is 0.930. The highest BCUT2D eigenvalue weighted by Gasteiger charge is 2.14. The Morgan fingerprint density at radius 2 is 1.95 bits per heavy atom. The van der Waals surface area contributed by atoms with E-state index < -0.39 is 17.7 Å². The molecule has 2 N–H and O–H groups in total. The zero-order chi connectivity index (χ0) is 14.7. The van der Waals surface area contributed by atoms with Gasteiger partial charge in [0.25, 0.3) is 0 Å². The SMILES string of the molecule is COc1ccc(C(N)Cc2ccc(F)cc2F)c(Cl)c1.